The van der Waals surface area contributed by atoms with Crippen LogP contribution in [-0.4, -0.2) is 63.9 Å². The number of aryl methyl sites for hydroxylation is 1. The standard InChI is InChI=1S/C18H27N3O3S/c1-19-25(23,24)17-7-4-15(5-8-17)6-9-18(22)21-12-10-20(11-13-21)14-16-2-3-16/h4-5,7-8,16,19H,2-3,6,9-14H2,1H3. The van der Waals surface area contributed by atoms with Crippen molar-refractivity contribution in [3.8, 4) is 0 Å². The molecule has 1 heterocycles. The lowest BCUT2D eigenvalue weighted by Crippen LogP contribution is -2.49. The van der Waals surface area contributed by atoms with Crippen molar-refractivity contribution in [2.75, 3.05) is 39.8 Å². The van der Waals surface area contributed by atoms with Gasteiger partial charge < -0.3 is 4.90 Å². The molecule has 1 saturated carbocycles. The van der Waals surface area contributed by atoms with Gasteiger partial charge in [0.2, 0.25) is 15.9 Å². The van der Waals surface area contributed by atoms with Crippen LogP contribution in [0.1, 0.15) is 24.8 Å². The van der Waals surface area contributed by atoms with E-state index in [1.165, 1.54) is 26.4 Å². The molecule has 2 aliphatic rings. The van der Waals surface area contributed by atoms with E-state index in [1.54, 1.807) is 24.3 Å². The molecule has 1 aliphatic heterocycles. The molecule has 7 heteroatoms. The van der Waals surface area contributed by atoms with Gasteiger partial charge in [-0.3, -0.25) is 9.69 Å². The Morgan fingerprint density at radius 3 is 2.32 bits per heavy atom. The van der Waals surface area contributed by atoms with E-state index in [4.69, 9.17) is 0 Å². The van der Waals surface area contributed by atoms with Gasteiger partial charge in [0, 0.05) is 39.1 Å². The molecule has 1 N–H and O–H groups in total. The molecule has 0 unspecified atom stereocenters. The molecule has 138 valence electrons. The molecule has 0 aromatic heterocycles. The quantitative estimate of drug-likeness (QED) is 0.785. The average Bonchev–Trinajstić information content (AvgIpc) is 3.44. The highest BCUT2D eigenvalue weighted by Crippen LogP contribution is 2.29. The zero-order valence-corrected chi connectivity index (χ0v) is 15.6. The van der Waals surface area contributed by atoms with Crippen molar-refractivity contribution in [3.05, 3.63) is 29.8 Å². The third-order valence-corrected chi connectivity index (χ3v) is 6.50. The van der Waals surface area contributed by atoms with E-state index in [2.05, 4.69) is 9.62 Å². The highest BCUT2D eigenvalue weighted by molar-refractivity contribution is 7.89. The summed E-state index contributed by atoms with van der Waals surface area (Å²) in [6.45, 7) is 4.82. The van der Waals surface area contributed by atoms with Crippen LogP contribution in [0.2, 0.25) is 0 Å². The highest BCUT2D eigenvalue weighted by Gasteiger charge is 2.27. The van der Waals surface area contributed by atoms with Gasteiger partial charge >= 0.3 is 0 Å². The molecule has 1 amide bonds. The molecule has 1 aromatic rings. The molecular weight excluding hydrogens is 338 g/mol. The molecule has 2 fully saturated rings. The third-order valence-electron chi connectivity index (χ3n) is 5.07. The van der Waals surface area contributed by atoms with Crippen molar-refractivity contribution in [3.63, 3.8) is 0 Å². The number of nitrogens with one attached hydrogen (secondary N) is 1. The molecule has 3 rings (SSSR count). The number of benzene rings is 1. The van der Waals surface area contributed by atoms with Gasteiger partial charge in [-0.05, 0) is 49.9 Å². The van der Waals surface area contributed by atoms with Gasteiger partial charge in [0.1, 0.15) is 0 Å². The fourth-order valence-corrected chi connectivity index (χ4v) is 3.94. The number of rotatable bonds is 7. The van der Waals surface area contributed by atoms with Gasteiger partial charge in [-0.15, -0.1) is 0 Å². The maximum atomic E-state index is 12.4. The maximum absolute atomic E-state index is 12.4. The molecule has 0 bridgehead atoms. The van der Waals surface area contributed by atoms with Gasteiger partial charge in [0.05, 0.1) is 4.90 Å². The SMILES string of the molecule is CNS(=O)(=O)c1ccc(CCC(=O)N2CCN(CC3CC3)CC2)cc1. The Labute approximate surface area is 150 Å². The topological polar surface area (TPSA) is 69.7 Å². The van der Waals surface area contributed by atoms with Gasteiger partial charge in [0.15, 0.2) is 0 Å². The number of nitrogens with zero attached hydrogens (tertiary/aromatic N) is 2. The maximum Gasteiger partial charge on any atom is 0.240 e. The van der Waals surface area contributed by atoms with Crippen LogP contribution in [0.5, 0.6) is 0 Å². The second kappa shape index (κ2) is 7.85. The Morgan fingerprint density at radius 2 is 1.76 bits per heavy atom. The normalized spacial score (nSPS) is 19.2. The molecule has 1 aromatic carbocycles. The number of sulfonamides is 1. The van der Waals surface area contributed by atoms with Crippen molar-refractivity contribution in [1.82, 2.24) is 14.5 Å². The second-order valence-electron chi connectivity index (χ2n) is 6.98. The molecule has 0 spiro atoms. The van der Waals surface area contributed by atoms with Crippen molar-refractivity contribution < 1.29 is 13.2 Å². The Balaban J connectivity index is 1.44. The fraction of sp³-hybridized carbons (Fsp3) is 0.611. The minimum absolute atomic E-state index is 0.193. The van der Waals surface area contributed by atoms with Crippen molar-refractivity contribution in [2.24, 2.45) is 5.92 Å². The summed E-state index contributed by atoms with van der Waals surface area (Å²) in [6.07, 6.45) is 3.85. The van der Waals surface area contributed by atoms with Crippen LogP contribution in [0.3, 0.4) is 0 Å². The molecule has 1 aliphatic carbocycles. The van der Waals surface area contributed by atoms with Gasteiger partial charge in [0.25, 0.3) is 0 Å². The van der Waals surface area contributed by atoms with E-state index in [1.807, 2.05) is 4.90 Å². The van der Waals surface area contributed by atoms with Crippen LogP contribution >= 0.6 is 0 Å². The largest absolute Gasteiger partial charge is 0.340 e. The summed E-state index contributed by atoms with van der Waals surface area (Å²) in [5, 5.41) is 0. The molecule has 0 atom stereocenters. The minimum atomic E-state index is -3.40. The minimum Gasteiger partial charge on any atom is -0.340 e. The zero-order valence-electron chi connectivity index (χ0n) is 14.8. The summed E-state index contributed by atoms with van der Waals surface area (Å²) in [7, 11) is -2.01. The van der Waals surface area contributed by atoms with E-state index in [0.29, 0.717) is 12.8 Å². The van der Waals surface area contributed by atoms with Crippen molar-refractivity contribution >= 4 is 15.9 Å². The van der Waals surface area contributed by atoms with Crippen LogP contribution in [0.25, 0.3) is 0 Å². The lowest BCUT2D eigenvalue weighted by atomic mass is 10.1. The molecule has 0 radical (unpaired) electrons. The Bertz CT molecular complexity index is 691. The number of amides is 1. The molecule has 25 heavy (non-hydrogen) atoms. The fourth-order valence-electron chi connectivity index (χ4n) is 3.21. The summed E-state index contributed by atoms with van der Waals surface area (Å²) < 4.78 is 25.7. The van der Waals surface area contributed by atoms with Crippen LogP contribution < -0.4 is 4.72 Å². The lowest BCUT2D eigenvalue weighted by molar-refractivity contribution is -0.132. The average molecular weight is 365 g/mol. The van der Waals surface area contributed by atoms with Crippen LogP contribution in [0.4, 0.5) is 0 Å². The van der Waals surface area contributed by atoms with Gasteiger partial charge in [-0.25, -0.2) is 13.1 Å². The summed E-state index contributed by atoms with van der Waals surface area (Å²) in [5.74, 6) is 1.09. The number of hydrogen-bond donors (Lipinski definition) is 1. The first-order valence-corrected chi connectivity index (χ1v) is 10.5. The van der Waals surface area contributed by atoms with E-state index < -0.39 is 10.0 Å². The highest BCUT2D eigenvalue weighted by atomic mass is 32.2. The zero-order chi connectivity index (χ0) is 17.9. The number of carbonyl (C=O) groups is 1. The lowest BCUT2D eigenvalue weighted by Gasteiger charge is -2.34. The van der Waals surface area contributed by atoms with E-state index >= 15 is 0 Å². The predicted octanol–water partition coefficient (Wildman–Crippen LogP) is 1.08. The Hall–Kier alpha value is -1.44. The Morgan fingerprint density at radius 1 is 1.12 bits per heavy atom. The Kier molecular flexibility index (Phi) is 5.76. The first kappa shape index (κ1) is 18.4. The second-order valence-corrected chi connectivity index (χ2v) is 8.86. The molecule has 6 nitrogen and oxygen atoms in total. The van der Waals surface area contributed by atoms with Crippen LogP contribution in [-0.2, 0) is 21.2 Å². The first-order chi connectivity index (χ1) is 12.0. The number of piperazine rings is 1. The summed E-state index contributed by atoms with van der Waals surface area (Å²) in [4.78, 5) is 17.1. The number of carbonyl (C=O) groups excluding carboxylic acids is 1. The van der Waals surface area contributed by atoms with Gasteiger partial charge in [-0.2, -0.15) is 0 Å². The van der Waals surface area contributed by atoms with E-state index in [-0.39, 0.29) is 10.8 Å². The molecular formula is C18H27N3O3S. The van der Waals surface area contributed by atoms with E-state index in [9.17, 15) is 13.2 Å². The van der Waals surface area contributed by atoms with Crippen LogP contribution in [0, 0.1) is 5.92 Å². The van der Waals surface area contributed by atoms with Crippen molar-refractivity contribution in [2.45, 2.75) is 30.6 Å². The summed E-state index contributed by atoms with van der Waals surface area (Å²) in [5.41, 5.74) is 0.982. The first-order valence-electron chi connectivity index (χ1n) is 9.00. The van der Waals surface area contributed by atoms with Crippen LogP contribution in [0.15, 0.2) is 29.2 Å². The van der Waals surface area contributed by atoms with Gasteiger partial charge in [-0.1, -0.05) is 12.1 Å². The third kappa shape index (κ3) is 5.03. The summed E-state index contributed by atoms with van der Waals surface area (Å²) in [6, 6.07) is 6.74. The number of hydrogen-bond acceptors (Lipinski definition) is 4. The monoisotopic (exact) mass is 365 g/mol. The predicted molar refractivity (Wildman–Crippen MR) is 96.8 cm³/mol. The van der Waals surface area contributed by atoms with E-state index in [0.717, 1.165) is 37.7 Å². The smallest absolute Gasteiger partial charge is 0.240 e. The molecule has 1 saturated heterocycles. The van der Waals surface area contributed by atoms with Crippen molar-refractivity contribution in [1.29, 1.82) is 0 Å². The summed E-state index contributed by atoms with van der Waals surface area (Å²) >= 11 is 0.